The van der Waals surface area contributed by atoms with Crippen molar-refractivity contribution in [1.82, 2.24) is 0 Å². The Morgan fingerprint density at radius 3 is 2.58 bits per heavy atom. The van der Waals surface area contributed by atoms with E-state index in [9.17, 15) is 0 Å². The van der Waals surface area contributed by atoms with Gasteiger partial charge in [-0.2, -0.15) is 0 Å². The zero-order valence-corrected chi connectivity index (χ0v) is 8.89. The molecule has 2 unspecified atom stereocenters. The second-order valence-corrected chi connectivity index (χ2v) is 4.73. The third-order valence-corrected chi connectivity index (χ3v) is 3.11. The van der Waals surface area contributed by atoms with Crippen molar-refractivity contribution in [2.45, 2.75) is 53.1 Å². The first-order chi connectivity index (χ1) is 5.58. The van der Waals surface area contributed by atoms with Crippen LogP contribution in [0, 0.1) is 11.3 Å². The summed E-state index contributed by atoms with van der Waals surface area (Å²) in [6.45, 7) is 9.95. The van der Waals surface area contributed by atoms with Crippen LogP contribution in [0.15, 0.2) is 0 Å². The molecule has 1 aliphatic carbocycles. The second kappa shape index (κ2) is 3.78. The molecule has 0 saturated heterocycles. The molecule has 0 N–H and O–H groups in total. The lowest BCUT2D eigenvalue weighted by Crippen LogP contribution is -2.40. The van der Waals surface area contributed by atoms with Gasteiger partial charge >= 0.3 is 0 Å². The molecule has 1 heteroatoms. The molecule has 0 radical (unpaired) electrons. The predicted molar refractivity (Wildman–Crippen MR) is 52.2 cm³/mol. The summed E-state index contributed by atoms with van der Waals surface area (Å²) in [4.78, 5) is 0. The van der Waals surface area contributed by atoms with Crippen LogP contribution in [0.25, 0.3) is 0 Å². The van der Waals surface area contributed by atoms with Crippen molar-refractivity contribution in [3.63, 3.8) is 0 Å². The van der Waals surface area contributed by atoms with Crippen LogP contribution in [0.2, 0.25) is 0 Å². The fourth-order valence-electron chi connectivity index (χ4n) is 2.51. The Hall–Kier alpha value is -0.0400. The standard InChI is InChI=1S/C11H22O/c1-5-12-10-9(2)7-6-8-11(10,3)4/h9-10H,5-8H2,1-4H3. The smallest absolute Gasteiger partial charge is 0.0651 e. The summed E-state index contributed by atoms with van der Waals surface area (Å²) in [6, 6.07) is 0. The zero-order valence-electron chi connectivity index (χ0n) is 8.89. The van der Waals surface area contributed by atoms with Gasteiger partial charge in [-0.05, 0) is 31.1 Å². The van der Waals surface area contributed by atoms with Gasteiger partial charge in [0.05, 0.1) is 6.10 Å². The second-order valence-electron chi connectivity index (χ2n) is 4.73. The van der Waals surface area contributed by atoms with E-state index in [1.54, 1.807) is 0 Å². The van der Waals surface area contributed by atoms with E-state index in [2.05, 4.69) is 27.7 Å². The van der Waals surface area contributed by atoms with Crippen LogP contribution in [-0.4, -0.2) is 12.7 Å². The van der Waals surface area contributed by atoms with Crippen LogP contribution >= 0.6 is 0 Å². The molecule has 72 valence electrons. The minimum absolute atomic E-state index is 0.397. The third kappa shape index (κ3) is 2.01. The lowest BCUT2D eigenvalue weighted by Gasteiger charge is -2.42. The van der Waals surface area contributed by atoms with Crippen LogP contribution in [0.3, 0.4) is 0 Å². The molecule has 0 bridgehead atoms. The Morgan fingerprint density at radius 2 is 2.08 bits per heavy atom. The fourth-order valence-corrected chi connectivity index (χ4v) is 2.51. The lowest BCUT2D eigenvalue weighted by molar-refractivity contribution is -0.0763. The molecule has 0 amide bonds. The van der Waals surface area contributed by atoms with Crippen LogP contribution in [0.4, 0.5) is 0 Å². The molecule has 0 aromatic rings. The van der Waals surface area contributed by atoms with Gasteiger partial charge in [0.25, 0.3) is 0 Å². The highest BCUT2D eigenvalue weighted by Gasteiger charge is 2.37. The van der Waals surface area contributed by atoms with E-state index in [1.165, 1.54) is 19.3 Å². The summed E-state index contributed by atoms with van der Waals surface area (Å²) in [5, 5.41) is 0. The molecule has 2 atom stereocenters. The van der Waals surface area contributed by atoms with Gasteiger partial charge in [0.15, 0.2) is 0 Å². The molecule has 1 rings (SSSR count). The summed E-state index contributed by atoms with van der Waals surface area (Å²) in [7, 11) is 0. The van der Waals surface area contributed by atoms with Crippen molar-refractivity contribution in [3.05, 3.63) is 0 Å². The van der Waals surface area contributed by atoms with Crippen LogP contribution in [-0.2, 0) is 4.74 Å². The first kappa shape index (κ1) is 10.0. The molecule has 0 aromatic carbocycles. The molecule has 1 saturated carbocycles. The van der Waals surface area contributed by atoms with Crippen molar-refractivity contribution < 1.29 is 4.74 Å². The minimum Gasteiger partial charge on any atom is -0.378 e. The summed E-state index contributed by atoms with van der Waals surface area (Å²) in [6.07, 6.45) is 4.52. The van der Waals surface area contributed by atoms with Crippen molar-refractivity contribution in [1.29, 1.82) is 0 Å². The van der Waals surface area contributed by atoms with Gasteiger partial charge < -0.3 is 4.74 Å². The normalized spacial score (nSPS) is 35.0. The average Bonchev–Trinajstić information content (AvgIpc) is 1.97. The molecule has 0 aromatic heterocycles. The Balaban J connectivity index is 2.60. The Kier molecular flexibility index (Phi) is 3.16. The van der Waals surface area contributed by atoms with Crippen LogP contribution < -0.4 is 0 Å². The van der Waals surface area contributed by atoms with E-state index in [4.69, 9.17) is 4.74 Å². The van der Waals surface area contributed by atoms with E-state index in [-0.39, 0.29) is 0 Å². The maximum absolute atomic E-state index is 5.81. The molecule has 12 heavy (non-hydrogen) atoms. The Labute approximate surface area is 76.5 Å². The fraction of sp³-hybridized carbons (Fsp3) is 1.00. The zero-order chi connectivity index (χ0) is 9.19. The first-order valence-corrected chi connectivity index (χ1v) is 5.19. The van der Waals surface area contributed by atoms with Crippen LogP contribution in [0.5, 0.6) is 0 Å². The minimum atomic E-state index is 0.397. The van der Waals surface area contributed by atoms with Crippen molar-refractivity contribution in [2.24, 2.45) is 11.3 Å². The summed E-state index contributed by atoms with van der Waals surface area (Å²) in [5.74, 6) is 0.744. The quantitative estimate of drug-likeness (QED) is 0.618. The van der Waals surface area contributed by atoms with Gasteiger partial charge in [0.1, 0.15) is 0 Å². The van der Waals surface area contributed by atoms with E-state index in [0.29, 0.717) is 11.5 Å². The van der Waals surface area contributed by atoms with Crippen LogP contribution in [0.1, 0.15) is 47.0 Å². The maximum Gasteiger partial charge on any atom is 0.0651 e. The first-order valence-electron chi connectivity index (χ1n) is 5.19. The van der Waals surface area contributed by atoms with Gasteiger partial charge in [0.2, 0.25) is 0 Å². The monoisotopic (exact) mass is 170 g/mol. The summed E-state index contributed by atoms with van der Waals surface area (Å²) >= 11 is 0. The van der Waals surface area contributed by atoms with Gasteiger partial charge in [-0.15, -0.1) is 0 Å². The number of rotatable bonds is 2. The molecule has 0 spiro atoms. The van der Waals surface area contributed by atoms with Gasteiger partial charge in [-0.1, -0.05) is 27.2 Å². The molecular weight excluding hydrogens is 148 g/mol. The highest BCUT2D eigenvalue weighted by Crippen LogP contribution is 2.40. The van der Waals surface area contributed by atoms with Gasteiger partial charge in [-0.3, -0.25) is 0 Å². The van der Waals surface area contributed by atoms with Crippen molar-refractivity contribution in [3.8, 4) is 0 Å². The summed E-state index contributed by atoms with van der Waals surface area (Å²) < 4.78 is 5.81. The predicted octanol–water partition coefficient (Wildman–Crippen LogP) is 3.24. The average molecular weight is 170 g/mol. The van der Waals surface area contributed by atoms with E-state index < -0.39 is 0 Å². The summed E-state index contributed by atoms with van der Waals surface area (Å²) in [5.41, 5.74) is 0.397. The molecular formula is C11H22O. The molecule has 0 heterocycles. The van der Waals surface area contributed by atoms with Crippen molar-refractivity contribution in [2.75, 3.05) is 6.61 Å². The van der Waals surface area contributed by atoms with E-state index >= 15 is 0 Å². The molecule has 0 aliphatic heterocycles. The van der Waals surface area contributed by atoms with E-state index in [0.717, 1.165) is 12.5 Å². The number of hydrogen-bond acceptors (Lipinski definition) is 1. The van der Waals surface area contributed by atoms with Gasteiger partial charge in [0, 0.05) is 6.61 Å². The number of hydrogen-bond donors (Lipinski definition) is 0. The van der Waals surface area contributed by atoms with Gasteiger partial charge in [-0.25, -0.2) is 0 Å². The highest BCUT2D eigenvalue weighted by atomic mass is 16.5. The van der Waals surface area contributed by atoms with Crippen molar-refractivity contribution >= 4 is 0 Å². The highest BCUT2D eigenvalue weighted by molar-refractivity contribution is 4.87. The molecule has 1 aliphatic rings. The molecule has 1 fully saturated rings. The molecule has 1 nitrogen and oxygen atoms in total. The Morgan fingerprint density at radius 1 is 1.42 bits per heavy atom. The largest absolute Gasteiger partial charge is 0.378 e. The number of ether oxygens (including phenoxy) is 1. The third-order valence-electron chi connectivity index (χ3n) is 3.11. The lowest BCUT2D eigenvalue weighted by atomic mass is 9.70. The van der Waals surface area contributed by atoms with E-state index in [1.807, 2.05) is 0 Å². The maximum atomic E-state index is 5.81. The topological polar surface area (TPSA) is 9.23 Å². The Bertz CT molecular complexity index is 140. The SMILES string of the molecule is CCOC1C(C)CCCC1(C)C.